The van der Waals surface area contributed by atoms with Gasteiger partial charge in [-0.15, -0.1) is 0 Å². The zero-order valence-electron chi connectivity index (χ0n) is 6.69. The summed E-state index contributed by atoms with van der Waals surface area (Å²) >= 11 is 3.14. The lowest BCUT2D eigenvalue weighted by Crippen LogP contribution is -1.90. The molecule has 0 atom stereocenters. The Labute approximate surface area is 79.7 Å². The fourth-order valence-electron chi connectivity index (χ4n) is 0.602. The second-order valence-corrected chi connectivity index (χ2v) is 5.83. The lowest BCUT2D eigenvalue weighted by Gasteiger charge is -1.94. The second kappa shape index (κ2) is 3.49. The maximum Gasteiger partial charge on any atom is 0.181 e. The van der Waals surface area contributed by atoms with Crippen LogP contribution in [-0.4, -0.2) is 26.7 Å². The van der Waals surface area contributed by atoms with Gasteiger partial charge in [-0.25, -0.2) is 9.19 Å². The summed E-state index contributed by atoms with van der Waals surface area (Å²) < 4.78 is 15.7. The maximum atomic E-state index is 11.2. The van der Waals surface area contributed by atoms with Crippen LogP contribution in [0.25, 0.3) is 0 Å². The third-order valence-electron chi connectivity index (χ3n) is 0.906. The van der Waals surface area contributed by atoms with Crippen LogP contribution in [0.15, 0.2) is 21.4 Å². The molecule has 0 aliphatic carbocycles. The van der Waals surface area contributed by atoms with Crippen molar-refractivity contribution in [2.45, 2.75) is 0 Å². The van der Waals surface area contributed by atoms with E-state index in [-0.39, 0.29) is 0 Å². The van der Waals surface area contributed by atoms with Crippen molar-refractivity contribution in [2.24, 2.45) is 4.36 Å². The quantitative estimate of drug-likeness (QED) is 0.760. The standard InChI is InChI=1S/C6H8BrN3OS/c1-12(2,11)10-6-4-8-3-5(7)9-6/h3-4H,1-2H3. The minimum atomic E-state index is -2.14. The van der Waals surface area contributed by atoms with Gasteiger partial charge in [0.2, 0.25) is 0 Å². The number of aromatic nitrogens is 2. The van der Waals surface area contributed by atoms with Gasteiger partial charge < -0.3 is 0 Å². The zero-order valence-corrected chi connectivity index (χ0v) is 9.09. The van der Waals surface area contributed by atoms with Crippen molar-refractivity contribution in [1.29, 1.82) is 0 Å². The summed E-state index contributed by atoms with van der Waals surface area (Å²) in [6.07, 6.45) is 6.12. The monoisotopic (exact) mass is 249 g/mol. The van der Waals surface area contributed by atoms with Gasteiger partial charge in [0, 0.05) is 22.2 Å². The summed E-state index contributed by atoms with van der Waals surface area (Å²) in [5.74, 6) is 0.388. The predicted octanol–water partition coefficient (Wildman–Crippen LogP) is 1.60. The highest BCUT2D eigenvalue weighted by Gasteiger charge is 1.95. The Hall–Kier alpha value is -0.490. The van der Waals surface area contributed by atoms with E-state index in [0.29, 0.717) is 10.4 Å². The molecule has 1 aromatic heterocycles. The van der Waals surface area contributed by atoms with E-state index in [4.69, 9.17) is 0 Å². The van der Waals surface area contributed by atoms with E-state index >= 15 is 0 Å². The van der Waals surface area contributed by atoms with Crippen molar-refractivity contribution >= 4 is 31.5 Å². The third kappa shape index (κ3) is 3.27. The Balaban J connectivity index is 3.15. The highest BCUT2D eigenvalue weighted by molar-refractivity contribution is 9.10. The highest BCUT2D eigenvalue weighted by Crippen LogP contribution is 2.11. The average Bonchev–Trinajstić information content (AvgIpc) is 1.82. The van der Waals surface area contributed by atoms with Gasteiger partial charge in [0.05, 0.1) is 12.4 Å². The molecule has 66 valence electrons. The van der Waals surface area contributed by atoms with Crippen molar-refractivity contribution in [3.05, 3.63) is 17.0 Å². The van der Waals surface area contributed by atoms with Crippen LogP contribution in [0, 0.1) is 0 Å². The van der Waals surface area contributed by atoms with Gasteiger partial charge in [0.25, 0.3) is 0 Å². The number of rotatable bonds is 1. The number of nitrogens with zero attached hydrogens (tertiary/aromatic N) is 3. The molecule has 0 aliphatic rings. The largest absolute Gasteiger partial charge is 0.258 e. The molecule has 0 saturated carbocycles. The average molecular weight is 250 g/mol. The van der Waals surface area contributed by atoms with E-state index in [1.807, 2.05) is 0 Å². The van der Waals surface area contributed by atoms with E-state index in [0.717, 1.165) is 0 Å². The van der Waals surface area contributed by atoms with Crippen LogP contribution in [0.5, 0.6) is 0 Å². The molecular formula is C6H8BrN3OS. The van der Waals surface area contributed by atoms with Crippen LogP contribution < -0.4 is 0 Å². The van der Waals surface area contributed by atoms with Crippen LogP contribution in [0.2, 0.25) is 0 Å². The molecule has 4 nitrogen and oxygen atoms in total. The first-order valence-corrected chi connectivity index (χ1v) is 6.24. The number of hydrogen-bond acceptors (Lipinski definition) is 4. The van der Waals surface area contributed by atoms with Gasteiger partial charge in [-0.1, -0.05) is 0 Å². The minimum Gasteiger partial charge on any atom is -0.258 e. The molecule has 0 N–H and O–H groups in total. The van der Waals surface area contributed by atoms with E-state index in [9.17, 15) is 4.21 Å². The van der Waals surface area contributed by atoms with Crippen LogP contribution in [-0.2, 0) is 9.73 Å². The van der Waals surface area contributed by atoms with E-state index in [1.165, 1.54) is 6.20 Å². The smallest absolute Gasteiger partial charge is 0.181 e. The van der Waals surface area contributed by atoms with Gasteiger partial charge in [-0.2, -0.15) is 4.36 Å². The first-order chi connectivity index (χ1) is 5.47. The molecule has 1 heterocycles. The fraction of sp³-hybridized carbons (Fsp3) is 0.333. The normalized spacial score (nSPS) is 11.2. The fourth-order valence-corrected chi connectivity index (χ4v) is 1.44. The second-order valence-electron chi connectivity index (χ2n) is 2.47. The Bertz CT molecular complexity index is 390. The Morgan fingerprint density at radius 2 is 2.17 bits per heavy atom. The maximum absolute atomic E-state index is 11.2. The van der Waals surface area contributed by atoms with Gasteiger partial charge in [-0.05, 0) is 15.9 Å². The molecule has 1 rings (SSSR count). The van der Waals surface area contributed by atoms with E-state index in [1.54, 1.807) is 18.7 Å². The highest BCUT2D eigenvalue weighted by atomic mass is 79.9. The summed E-state index contributed by atoms with van der Waals surface area (Å²) in [6, 6.07) is 0. The first kappa shape index (κ1) is 9.60. The molecule has 0 aliphatic heterocycles. The van der Waals surface area contributed by atoms with Gasteiger partial charge in [-0.3, -0.25) is 4.98 Å². The van der Waals surface area contributed by atoms with Gasteiger partial charge >= 0.3 is 0 Å². The summed E-state index contributed by atoms with van der Waals surface area (Å²) in [4.78, 5) is 7.81. The van der Waals surface area contributed by atoms with Gasteiger partial charge in [0.1, 0.15) is 4.60 Å². The zero-order chi connectivity index (χ0) is 9.19. The van der Waals surface area contributed by atoms with Crippen molar-refractivity contribution in [3.8, 4) is 0 Å². The molecule has 12 heavy (non-hydrogen) atoms. The molecule has 0 radical (unpaired) electrons. The molecule has 6 heteroatoms. The van der Waals surface area contributed by atoms with Crippen LogP contribution >= 0.6 is 15.9 Å². The molecule has 0 fully saturated rings. The summed E-state index contributed by atoms with van der Waals surface area (Å²) in [7, 11) is -2.14. The van der Waals surface area contributed by atoms with Crippen LogP contribution in [0.3, 0.4) is 0 Å². The molecule has 0 saturated heterocycles. The Kier molecular flexibility index (Phi) is 2.79. The van der Waals surface area contributed by atoms with Crippen molar-refractivity contribution < 1.29 is 4.21 Å². The van der Waals surface area contributed by atoms with Crippen molar-refractivity contribution in [3.63, 3.8) is 0 Å². The summed E-state index contributed by atoms with van der Waals surface area (Å²) in [6.45, 7) is 0. The molecule has 1 aromatic rings. The minimum absolute atomic E-state index is 0.388. The lowest BCUT2D eigenvalue weighted by molar-refractivity contribution is 0.684. The Morgan fingerprint density at radius 3 is 2.67 bits per heavy atom. The number of hydrogen-bond donors (Lipinski definition) is 0. The SMILES string of the molecule is CS(C)(=O)=Nc1cncc(Br)n1. The van der Waals surface area contributed by atoms with Crippen molar-refractivity contribution in [1.82, 2.24) is 9.97 Å². The molecule has 0 unspecified atom stereocenters. The van der Waals surface area contributed by atoms with E-state index in [2.05, 4.69) is 30.3 Å². The molecule has 0 spiro atoms. The first-order valence-electron chi connectivity index (χ1n) is 3.12. The number of halogens is 1. The molecule has 0 aromatic carbocycles. The van der Waals surface area contributed by atoms with E-state index < -0.39 is 9.73 Å². The third-order valence-corrected chi connectivity index (χ3v) is 1.91. The topological polar surface area (TPSA) is 55.2 Å². The Morgan fingerprint density at radius 1 is 1.50 bits per heavy atom. The van der Waals surface area contributed by atoms with Crippen LogP contribution in [0.4, 0.5) is 5.82 Å². The lowest BCUT2D eigenvalue weighted by atomic mass is 10.7. The molecule has 0 bridgehead atoms. The summed E-state index contributed by atoms with van der Waals surface area (Å²) in [5, 5.41) is 0. The van der Waals surface area contributed by atoms with Crippen molar-refractivity contribution in [2.75, 3.05) is 12.5 Å². The van der Waals surface area contributed by atoms with Crippen LogP contribution in [0.1, 0.15) is 0 Å². The predicted molar refractivity (Wildman–Crippen MR) is 51.8 cm³/mol. The summed E-state index contributed by atoms with van der Waals surface area (Å²) in [5.41, 5.74) is 0. The molecular weight excluding hydrogens is 242 g/mol. The van der Waals surface area contributed by atoms with Gasteiger partial charge in [0.15, 0.2) is 5.82 Å². The molecule has 0 amide bonds.